The van der Waals surface area contributed by atoms with Gasteiger partial charge in [0.1, 0.15) is 5.84 Å². The van der Waals surface area contributed by atoms with Gasteiger partial charge in [0.15, 0.2) is 0 Å². The lowest BCUT2D eigenvalue weighted by molar-refractivity contribution is 0.189. The number of aliphatic hydroxyl groups excluding tert-OH is 1. The van der Waals surface area contributed by atoms with E-state index in [0.29, 0.717) is 6.42 Å². The topological polar surface area (TPSA) is 90.9 Å². The van der Waals surface area contributed by atoms with Crippen LogP contribution in [0.25, 0.3) is 0 Å². The highest BCUT2D eigenvalue weighted by atomic mass is 16.4. The molecule has 0 aliphatic heterocycles. The van der Waals surface area contributed by atoms with Crippen LogP contribution in [0, 0.1) is 0 Å². The Labute approximate surface area is 78.6 Å². The van der Waals surface area contributed by atoms with Gasteiger partial charge < -0.3 is 21.4 Å². The number of nitrogens with one attached hydrogen (secondary N) is 1. The van der Waals surface area contributed by atoms with Crippen LogP contribution in [0.3, 0.4) is 0 Å². The van der Waals surface area contributed by atoms with Crippen molar-refractivity contribution in [3.63, 3.8) is 0 Å². The molecule has 0 unspecified atom stereocenters. The van der Waals surface area contributed by atoms with Crippen molar-refractivity contribution in [3.8, 4) is 0 Å². The lowest BCUT2D eigenvalue weighted by Gasteiger charge is -2.23. The van der Waals surface area contributed by atoms with Crippen LogP contribution in [0.1, 0.15) is 26.7 Å². The van der Waals surface area contributed by atoms with Gasteiger partial charge in [-0.15, -0.1) is 0 Å². The van der Waals surface area contributed by atoms with Crippen molar-refractivity contribution in [3.05, 3.63) is 0 Å². The predicted molar refractivity (Wildman–Crippen MR) is 51.8 cm³/mol. The smallest absolute Gasteiger partial charge is 0.139 e. The Balaban J connectivity index is 3.46. The maximum Gasteiger partial charge on any atom is 0.139 e. The fourth-order valence-corrected chi connectivity index (χ4v) is 0.802. The van der Waals surface area contributed by atoms with E-state index in [4.69, 9.17) is 16.0 Å². The van der Waals surface area contributed by atoms with E-state index in [2.05, 4.69) is 10.5 Å². The Morgan fingerprint density at radius 1 is 1.54 bits per heavy atom. The van der Waals surface area contributed by atoms with Crippen LogP contribution < -0.4 is 11.1 Å². The Morgan fingerprint density at radius 3 is 2.62 bits per heavy atom. The molecule has 0 heterocycles. The zero-order valence-corrected chi connectivity index (χ0v) is 8.25. The predicted octanol–water partition coefficient (Wildman–Crippen LogP) is -0.126. The number of nitrogens with two attached hydrogens (primary N) is 1. The number of rotatable bonds is 6. The van der Waals surface area contributed by atoms with Crippen molar-refractivity contribution in [2.45, 2.75) is 32.2 Å². The van der Waals surface area contributed by atoms with Crippen LogP contribution >= 0.6 is 0 Å². The van der Waals surface area contributed by atoms with E-state index in [-0.39, 0.29) is 18.0 Å². The monoisotopic (exact) mass is 189 g/mol. The number of nitrogens with zero attached hydrogens (tertiary/aromatic N) is 1. The lowest BCUT2D eigenvalue weighted by atomic mass is 10.1. The Morgan fingerprint density at radius 2 is 2.15 bits per heavy atom. The van der Waals surface area contributed by atoms with E-state index in [1.54, 1.807) is 0 Å². The van der Waals surface area contributed by atoms with E-state index in [9.17, 15) is 0 Å². The zero-order chi connectivity index (χ0) is 10.3. The van der Waals surface area contributed by atoms with E-state index in [1.165, 1.54) is 0 Å². The third kappa shape index (κ3) is 6.36. The molecule has 0 aromatic rings. The van der Waals surface area contributed by atoms with E-state index in [0.717, 1.165) is 13.0 Å². The highest BCUT2D eigenvalue weighted by Crippen LogP contribution is 1.99. The first-order valence-corrected chi connectivity index (χ1v) is 4.34. The quantitative estimate of drug-likeness (QED) is 0.154. The molecule has 5 N–H and O–H groups in total. The molecule has 0 spiro atoms. The van der Waals surface area contributed by atoms with Gasteiger partial charge in [-0.3, -0.25) is 0 Å². The molecule has 0 aliphatic carbocycles. The molecule has 13 heavy (non-hydrogen) atoms. The summed E-state index contributed by atoms with van der Waals surface area (Å²) in [6, 6.07) is 0. The SMILES string of the molecule is CC(C)(CO)NCCCC(N)=NO. The van der Waals surface area contributed by atoms with Gasteiger partial charge in [0.05, 0.1) is 6.61 Å². The molecule has 0 saturated heterocycles. The summed E-state index contributed by atoms with van der Waals surface area (Å²) in [5, 5.41) is 23.1. The largest absolute Gasteiger partial charge is 0.409 e. The molecular formula is C8H19N3O2. The zero-order valence-electron chi connectivity index (χ0n) is 8.25. The number of aliphatic hydroxyl groups is 1. The van der Waals surface area contributed by atoms with E-state index >= 15 is 0 Å². The van der Waals surface area contributed by atoms with E-state index in [1.807, 2.05) is 13.8 Å². The van der Waals surface area contributed by atoms with E-state index < -0.39 is 0 Å². The first-order chi connectivity index (χ1) is 6.02. The van der Waals surface area contributed by atoms with Crippen LogP contribution in [0.15, 0.2) is 5.16 Å². The number of hydrogen-bond acceptors (Lipinski definition) is 4. The third-order valence-electron chi connectivity index (χ3n) is 1.74. The first kappa shape index (κ1) is 12.2. The molecule has 0 amide bonds. The maximum absolute atomic E-state index is 8.90. The number of oxime groups is 1. The molecule has 0 aromatic carbocycles. The van der Waals surface area contributed by atoms with Crippen molar-refractivity contribution in [1.29, 1.82) is 0 Å². The summed E-state index contributed by atoms with van der Waals surface area (Å²) in [6.07, 6.45) is 1.35. The Kier molecular flexibility index (Phi) is 5.41. The first-order valence-electron chi connectivity index (χ1n) is 4.34. The molecule has 78 valence electrons. The molecular weight excluding hydrogens is 170 g/mol. The van der Waals surface area contributed by atoms with Crippen LogP contribution in [-0.4, -0.2) is 34.8 Å². The molecule has 5 heteroatoms. The number of amidine groups is 1. The van der Waals surface area contributed by atoms with Crippen molar-refractivity contribution >= 4 is 5.84 Å². The van der Waals surface area contributed by atoms with Crippen molar-refractivity contribution in [1.82, 2.24) is 5.32 Å². The summed E-state index contributed by atoms with van der Waals surface area (Å²) in [5.41, 5.74) is 5.02. The molecule has 5 nitrogen and oxygen atoms in total. The van der Waals surface area contributed by atoms with Gasteiger partial charge in [-0.1, -0.05) is 5.16 Å². The Bertz CT molecular complexity index is 169. The third-order valence-corrected chi connectivity index (χ3v) is 1.74. The summed E-state index contributed by atoms with van der Waals surface area (Å²) in [5.74, 6) is 0.239. The molecule has 0 fully saturated rings. The Hall–Kier alpha value is -0.810. The molecule has 0 rings (SSSR count). The van der Waals surface area contributed by atoms with Gasteiger partial charge in [-0.25, -0.2) is 0 Å². The highest BCUT2D eigenvalue weighted by Gasteiger charge is 2.13. The number of hydrogen-bond donors (Lipinski definition) is 4. The summed E-state index contributed by atoms with van der Waals surface area (Å²) < 4.78 is 0. The van der Waals surface area contributed by atoms with Crippen LogP contribution in [-0.2, 0) is 0 Å². The average molecular weight is 189 g/mol. The van der Waals surface area contributed by atoms with Gasteiger partial charge in [0, 0.05) is 12.0 Å². The van der Waals surface area contributed by atoms with Crippen LogP contribution in [0.5, 0.6) is 0 Å². The average Bonchev–Trinajstić information content (AvgIpc) is 2.12. The summed E-state index contributed by atoms with van der Waals surface area (Å²) in [7, 11) is 0. The van der Waals surface area contributed by atoms with Gasteiger partial charge in [-0.05, 0) is 26.8 Å². The summed E-state index contributed by atoms with van der Waals surface area (Å²) >= 11 is 0. The van der Waals surface area contributed by atoms with Crippen molar-refractivity contribution in [2.75, 3.05) is 13.2 Å². The minimum absolute atomic E-state index is 0.0938. The van der Waals surface area contributed by atoms with Crippen molar-refractivity contribution < 1.29 is 10.3 Å². The molecule has 0 aromatic heterocycles. The fraction of sp³-hybridized carbons (Fsp3) is 0.875. The molecule has 0 aliphatic rings. The van der Waals surface area contributed by atoms with Crippen LogP contribution in [0.4, 0.5) is 0 Å². The lowest BCUT2D eigenvalue weighted by Crippen LogP contribution is -2.43. The normalized spacial score (nSPS) is 13.3. The molecule has 0 atom stereocenters. The second kappa shape index (κ2) is 5.77. The molecule has 0 bridgehead atoms. The van der Waals surface area contributed by atoms with Gasteiger partial charge in [0.25, 0.3) is 0 Å². The minimum Gasteiger partial charge on any atom is -0.409 e. The summed E-state index contributed by atoms with van der Waals surface area (Å²) in [6.45, 7) is 4.66. The second-order valence-electron chi connectivity index (χ2n) is 3.66. The molecule has 0 saturated carbocycles. The fourth-order valence-electron chi connectivity index (χ4n) is 0.802. The minimum atomic E-state index is -0.259. The van der Waals surface area contributed by atoms with Gasteiger partial charge in [0.2, 0.25) is 0 Å². The van der Waals surface area contributed by atoms with Crippen molar-refractivity contribution in [2.24, 2.45) is 10.9 Å². The van der Waals surface area contributed by atoms with Gasteiger partial charge in [-0.2, -0.15) is 0 Å². The second-order valence-corrected chi connectivity index (χ2v) is 3.66. The highest BCUT2D eigenvalue weighted by molar-refractivity contribution is 5.79. The summed E-state index contributed by atoms with van der Waals surface area (Å²) in [4.78, 5) is 0. The standard InChI is InChI=1S/C8H19N3O2/c1-8(2,6-12)10-5-3-4-7(9)11-13/h10,12-13H,3-6H2,1-2H3,(H2,9,11). The van der Waals surface area contributed by atoms with Gasteiger partial charge >= 0.3 is 0 Å². The maximum atomic E-state index is 8.90. The van der Waals surface area contributed by atoms with Crippen LogP contribution in [0.2, 0.25) is 0 Å². The molecule has 0 radical (unpaired) electrons.